The van der Waals surface area contributed by atoms with Crippen molar-refractivity contribution >= 4 is 43.6 Å². The van der Waals surface area contributed by atoms with Crippen LogP contribution in [0.4, 0.5) is 0 Å². The van der Waals surface area contributed by atoms with Gasteiger partial charge in [-0.25, -0.2) is 9.97 Å². The van der Waals surface area contributed by atoms with Crippen LogP contribution in [0.15, 0.2) is 183 Å². The number of rotatable bonds is 10. The molecule has 5 heterocycles. The van der Waals surface area contributed by atoms with Gasteiger partial charge in [-0.1, -0.05) is 74.5 Å². The number of aryl methyl sites for hydroxylation is 2. The first-order valence-electron chi connectivity index (χ1n) is 21.0. The van der Waals surface area contributed by atoms with Crippen LogP contribution >= 0.6 is 0 Å². The molecule has 0 saturated carbocycles. The van der Waals surface area contributed by atoms with Gasteiger partial charge in [-0.15, -0.1) is 0 Å². The second-order valence-corrected chi connectivity index (χ2v) is 15.4. The molecule has 0 unspecified atom stereocenters. The van der Waals surface area contributed by atoms with Crippen LogP contribution in [-0.4, -0.2) is 29.1 Å². The van der Waals surface area contributed by atoms with Crippen LogP contribution in [0.5, 0.6) is 23.0 Å². The Bertz CT molecular complexity index is 3230. The highest BCUT2D eigenvalue weighted by atomic mass is 16.5. The van der Waals surface area contributed by atoms with E-state index in [1.54, 1.807) is 12.4 Å². The fourth-order valence-electron chi connectivity index (χ4n) is 8.46. The van der Waals surface area contributed by atoms with Crippen molar-refractivity contribution in [3.8, 4) is 57.1 Å². The summed E-state index contributed by atoms with van der Waals surface area (Å²) in [5.41, 5.74) is 10.0. The van der Waals surface area contributed by atoms with Gasteiger partial charge in [0, 0.05) is 57.2 Å². The summed E-state index contributed by atoms with van der Waals surface area (Å²) in [5.74, 6) is 4.65. The Morgan fingerprint density at radius 3 is 1.27 bits per heavy atom. The normalized spacial score (nSPS) is 11.5. The van der Waals surface area contributed by atoms with Gasteiger partial charge < -0.3 is 9.47 Å². The van der Waals surface area contributed by atoms with Crippen LogP contribution in [0, 0.1) is 0 Å². The molecule has 11 aromatic rings. The molecule has 298 valence electrons. The summed E-state index contributed by atoms with van der Waals surface area (Å²) in [5, 5.41) is 4.63. The van der Waals surface area contributed by atoms with E-state index in [2.05, 4.69) is 120 Å². The number of aromatic nitrogens is 6. The van der Waals surface area contributed by atoms with Crippen LogP contribution in [-0.2, 0) is 12.8 Å². The summed E-state index contributed by atoms with van der Waals surface area (Å²) >= 11 is 0. The van der Waals surface area contributed by atoms with E-state index in [9.17, 15) is 0 Å². The molecule has 0 aliphatic heterocycles. The lowest BCUT2D eigenvalue weighted by atomic mass is 10.1. The maximum Gasteiger partial charge on any atom is 0.137 e. The van der Waals surface area contributed by atoms with Crippen molar-refractivity contribution in [1.29, 1.82) is 0 Å². The molecule has 0 bridgehead atoms. The number of hydrogen-bond donors (Lipinski definition) is 0. The zero-order valence-electron chi connectivity index (χ0n) is 34.2. The van der Waals surface area contributed by atoms with Crippen molar-refractivity contribution in [2.24, 2.45) is 0 Å². The summed E-state index contributed by atoms with van der Waals surface area (Å²) in [6, 6.07) is 53.8. The number of para-hydroxylation sites is 2. The minimum Gasteiger partial charge on any atom is -0.457 e. The topological polar surface area (TPSA) is 79.9 Å². The van der Waals surface area contributed by atoms with E-state index in [0.29, 0.717) is 11.5 Å². The second-order valence-electron chi connectivity index (χ2n) is 15.4. The molecule has 11 rings (SSSR count). The summed E-state index contributed by atoms with van der Waals surface area (Å²) in [4.78, 5) is 19.2. The zero-order valence-corrected chi connectivity index (χ0v) is 34.2. The molecule has 0 spiro atoms. The minimum atomic E-state index is 0.704. The van der Waals surface area contributed by atoms with Gasteiger partial charge in [-0.2, -0.15) is 0 Å². The Kier molecular flexibility index (Phi) is 9.23. The highest BCUT2D eigenvalue weighted by Crippen LogP contribution is 2.38. The Balaban J connectivity index is 0.849. The van der Waals surface area contributed by atoms with Gasteiger partial charge >= 0.3 is 0 Å². The van der Waals surface area contributed by atoms with Gasteiger partial charge in [0.1, 0.15) is 34.6 Å². The van der Waals surface area contributed by atoms with Crippen LogP contribution in [0.2, 0.25) is 0 Å². The fourth-order valence-corrected chi connectivity index (χ4v) is 8.46. The zero-order chi connectivity index (χ0) is 41.6. The summed E-state index contributed by atoms with van der Waals surface area (Å²) < 4.78 is 17.5. The number of nitrogens with zero attached hydrogens (tertiary/aromatic N) is 6. The minimum absolute atomic E-state index is 0.704. The summed E-state index contributed by atoms with van der Waals surface area (Å²) in [6.45, 7) is 4.32. The quantitative estimate of drug-likeness (QED) is 0.137. The molecule has 5 aromatic heterocycles. The molecule has 0 saturated heterocycles. The molecule has 62 heavy (non-hydrogen) atoms. The molecule has 0 N–H and O–H groups in total. The number of pyridine rings is 2. The first-order chi connectivity index (χ1) is 30.6. The van der Waals surface area contributed by atoms with Crippen LogP contribution in [0.3, 0.4) is 0 Å². The molecule has 0 atom stereocenters. The molecular formula is C54H40N6O2. The lowest BCUT2D eigenvalue weighted by molar-refractivity contribution is 0.483. The van der Waals surface area contributed by atoms with Gasteiger partial charge in [0.25, 0.3) is 0 Å². The molecule has 0 radical (unpaired) electrons. The van der Waals surface area contributed by atoms with Crippen LogP contribution in [0.1, 0.15) is 25.0 Å². The molecule has 8 heteroatoms. The van der Waals surface area contributed by atoms with E-state index in [4.69, 9.17) is 29.4 Å². The predicted molar refractivity (Wildman–Crippen MR) is 249 cm³/mol. The third-order valence-corrected chi connectivity index (χ3v) is 11.6. The molecular weight excluding hydrogens is 765 g/mol. The maximum absolute atomic E-state index is 6.51. The van der Waals surface area contributed by atoms with Crippen LogP contribution < -0.4 is 9.47 Å². The standard InChI is InChI=1S/C54H40N6O2/c1-3-35-23-25-55-53(27-35)59-49-17-7-5-15-43(49)45-21-19-41(31-51(45)59)61-39-13-9-11-37(29-39)47-33-58-48(34-57-47)38-12-10-14-40(30-38)62-42-20-22-46-44-16-6-8-18-50(44)60(52(46)32-42)54-28-36(4-2)24-26-56-54/h5-34H,3-4H2,1-2H3. The summed E-state index contributed by atoms with van der Waals surface area (Å²) in [6.07, 6.45) is 9.25. The molecule has 8 nitrogen and oxygen atoms in total. The van der Waals surface area contributed by atoms with E-state index >= 15 is 0 Å². The van der Waals surface area contributed by atoms with Crippen molar-refractivity contribution in [1.82, 2.24) is 29.1 Å². The molecule has 6 aromatic carbocycles. The van der Waals surface area contributed by atoms with Crippen molar-refractivity contribution in [3.63, 3.8) is 0 Å². The van der Waals surface area contributed by atoms with Crippen molar-refractivity contribution in [2.75, 3.05) is 0 Å². The first kappa shape index (κ1) is 36.9. The van der Waals surface area contributed by atoms with Crippen molar-refractivity contribution in [2.45, 2.75) is 26.7 Å². The Morgan fingerprint density at radius 1 is 0.387 bits per heavy atom. The number of benzene rings is 6. The van der Waals surface area contributed by atoms with E-state index in [0.717, 1.165) is 91.3 Å². The van der Waals surface area contributed by atoms with Gasteiger partial charge in [0.2, 0.25) is 0 Å². The van der Waals surface area contributed by atoms with Crippen LogP contribution in [0.25, 0.3) is 77.8 Å². The number of ether oxygens (including phenoxy) is 2. The van der Waals surface area contributed by atoms with Gasteiger partial charge in [0.05, 0.1) is 45.8 Å². The largest absolute Gasteiger partial charge is 0.457 e. The predicted octanol–water partition coefficient (Wildman–Crippen LogP) is 13.5. The highest BCUT2D eigenvalue weighted by molar-refractivity contribution is 6.10. The van der Waals surface area contributed by atoms with Crippen molar-refractivity contribution < 1.29 is 9.47 Å². The Hall–Kier alpha value is -8.10. The number of hydrogen-bond acceptors (Lipinski definition) is 6. The SMILES string of the molecule is CCc1ccnc(-n2c3ccccc3c3ccc(Oc4cccc(-c5cnc(-c6cccc(Oc7ccc8c9ccccc9n(-c9cc(CC)ccn9)c8c7)c6)cn5)c4)cc32)c1. The van der Waals surface area contributed by atoms with Gasteiger partial charge in [-0.05, 0) is 109 Å². The van der Waals surface area contributed by atoms with E-state index < -0.39 is 0 Å². The van der Waals surface area contributed by atoms with E-state index in [1.165, 1.54) is 21.9 Å². The smallest absolute Gasteiger partial charge is 0.137 e. The molecule has 0 amide bonds. The number of fused-ring (bicyclic) bond motifs is 6. The monoisotopic (exact) mass is 804 g/mol. The van der Waals surface area contributed by atoms with Crippen molar-refractivity contribution in [3.05, 3.63) is 194 Å². The Morgan fingerprint density at radius 2 is 0.823 bits per heavy atom. The maximum atomic E-state index is 6.51. The average molecular weight is 805 g/mol. The third kappa shape index (κ3) is 6.68. The Labute approximate surface area is 358 Å². The lowest BCUT2D eigenvalue weighted by Gasteiger charge is -2.11. The van der Waals surface area contributed by atoms with E-state index in [-0.39, 0.29) is 0 Å². The van der Waals surface area contributed by atoms with Gasteiger partial charge in [-0.3, -0.25) is 19.1 Å². The molecule has 0 aliphatic rings. The summed E-state index contributed by atoms with van der Waals surface area (Å²) in [7, 11) is 0. The lowest BCUT2D eigenvalue weighted by Crippen LogP contribution is -1.98. The first-order valence-corrected chi connectivity index (χ1v) is 21.0. The highest BCUT2D eigenvalue weighted by Gasteiger charge is 2.17. The molecule has 0 aliphatic carbocycles. The van der Waals surface area contributed by atoms with Gasteiger partial charge in [0.15, 0.2) is 0 Å². The second kappa shape index (κ2) is 15.5. The molecule has 0 fully saturated rings. The fraction of sp³-hybridized carbons (Fsp3) is 0.0741. The third-order valence-electron chi connectivity index (χ3n) is 11.6. The van der Waals surface area contributed by atoms with E-state index in [1.807, 2.05) is 73.1 Å². The average Bonchev–Trinajstić information content (AvgIpc) is 3.84.